The lowest BCUT2D eigenvalue weighted by molar-refractivity contribution is -0.114. The fraction of sp³-hybridized carbons (Fsp3) is 0.0714. The molecule has 0 aliphatic carbocycles. The third-order valence-electron chi connectivity index (χ3n) is 2.52. The summed E-state index contributed by atoms with van der Waals surface area (Å²) in [6.45, 7) is 1.43. The standard InChI is InChI=1S/C14H14N4O2/c1-9(19)17-10-4-6-11(7-5-10)18-14(20)13-12(15)3-2-8-16-13/h2-8H,15H2,1H3,(H,17,19)(H,18,20). The van der Waals surface area contributed by atoms with Crippen molar-refractivity contribution in [2.75, 3.05) is 16.4 Å². The molecule has 0 spiro atoms. The lowest BCUT2D eigenvalue weighted by Crippen LogP contribution is -2.15. The monoisotopic (exact) mass is 270 g/mol. The molecule has 2 aromatic rings. The molecule has 6 heteroatoms. The van der Waals surface area contributed by atoms with Crippen molar-refractivity contribution in [2.45, 2.75) is 6.92 Å². The van der Waals surface area contributed by atoms with Gasteiger partial charge in [0.2, 0.25) is 5.91 Å². The summed E-state index contributed by atoms with van der Waals surface area (Å²) in [6.07, 6.45) is 1.51. The molecule has 2 amide bonds. The van der Waals surface area contributed by atoms with Crippen molar-refractivity contribution < 1.29 is 9.59 Å². The Hall–Kier alpha value is -2.89. The molecule has 102 valence electrons. The van der Waals surface area contributed by atoms with Crippen LogP contribution in [0.5, 0.6) is 0 Å². The molecule has 0 fully saturated rings. The van der Waals surface area contributed by atoms with Crippen molar-refractivity contribution in [1.82, 2.24) is 4.98 Å². The summed E-state index contributed by atoms with van der Waals surface area (Å²) >= 11 is 0. The van der Waals surface area contributed by atoms with Gasteiger partial charge in [-0.2, -0.15) is 0 Å². The number of rotatable bonds is 3. The number of hydrogen-bond donors (Lipinski definition) is 3. The maximum Gasteiger partial charge on any atom is 0.276 e. The van der Waals surface area contributed by atoms with Crippen molar-refractivity contribution in [3.63, 3.8) is 0 Å². The molecular weight excluding hydrogens is 256 g/mol. The summed E-state index contributed by atoms with van der Waals surface area (Å²) in [5, 5.41) is 5.33. The van der Waals surface area contributed by atoms with E-state index in [1.807, 2.05) is 0 Å². The normalized spacial score (nSPS) is 9.85. The summed E-state index contributed by atoms with van der Waals surface area (Å²) in [6, 6.07) is 10.0. The highest BCUT2D eigenvalue weighted by Crippen LogP contribution is 2.15. The number of nitrogens with two attached hydrogens (primary N) is 1. The largest absolute Gasteiger partial charge is 0.397 e. The van der Waals surface area contributed by atoms with Gasteiger partial charge in [-0.25, -0.2) is 4.98 Å². The second-order valence-electron chi connectivity index (χ2n) is 4.15. The van der Waals surface area contributed by atoms with Gasteiger partial charge in [-0.3, -0.25) is 9.59 Å². The number of nitrogen functional groups attached to an aromatic ring is 1. The van der Waals surface area contributed by atoms with Gasteiger partial charge in [0.25, 0.3) is 5.91 Å². The summed E-state index contributed by atoms with van der Waals surface area (Å²) in [7, 11) is 0. The average molecular weight is 270 g/mol. The Morgan fingerprint density at radius 3 is 2.20 bits per heavy atom. The number of nitrogens with one attached hydrogen (secondary N) is 2. The maximum absolute atomic E-state index is 12.0. The smallest absolute Gasteiger partial charge is 0.276 e. The predicted molar refractivity (Wildman–Crippen MR) is 77.3 cm³/mol. The first-order valence-corrected chi connectivity index (χ1v) is 5.96. The highest BCUT2D eigenvalue weighted by molar-refractivity contribution is 6.06. The van der Waals surface area contributed by atoms with Crippen LogP contribution in [0.4, 0.5) is 17.1 Å². The van der Waals surface area contributed by atoms with Crippen LogP contribution in [0.1, 0.15) is 17.4 Å². The lowest BCUT2D eigenvalue weighted by atomic mass is 10.2. The number of amides is 2. The quantitative estimate of drug-likeness (QED) is 0.793. The van der Waals surface area contributed by atoms with E-state index in [1.54, 1.807) is 36.4 Å². The molecular formula is C14H14N4O2. The van der Waals surface area contributed by atoms with E-state index < -0.39 is 0 Å². The van der Waals surface area contributed by atoms with Gasteiger partial charge in [0.1, 0.15) is 0 Å². The van der Waals surface area contributed by atoms with Crippen LogP contribution in [-0.2, 0) is 4.79 Å². The van der Waals surface area contributed by atoms with E-state index in [1.165, 1.54) is 13.1 Å². The molecule has 1 aromatic carbocycles. The van der Waals surface area contributed by atoms with Crippen molar-refractivity contribution >= 4 is 28.9 Å². The van der Waals surface area contributed by atoms with Crippen molar-refractivity contribution in [2.24, 2.45) is 0 Å². The van der Waals surface area contributed by atoms with E-state index in [9.17, 15) is 9.59 Å². The summed E-state index contributed by atoms with van der Waals surface area (Å²) < 4.78 is 0. The first-order valence-electron chi connectivity index (χ1n) is 5.96. The predicted octanol–water partition coefficient (Wildman–Crippen LogP) is 1.87. The molecule has 0 saturated heterocycles. The topological polar surface area (TPSA) is 97.1 Å². The van der Waals surface area contributed by atoms with Crippen LogP contribution in [0.15, 0.2) is 42.6 Å². The van der Waals surface area contributed by atoms with Crippen LogP contribution in [0.2, 0.25) is 0 Å². The molecule has 0 unspecified atom stereocenters. The van der Waals surface area contributed by atoms with E-state index in [0.29, 0.717) is 17.1 Å². The van der Waals surface area contributed by atoms with E-state index in [0.717, 1.165) is 0 Å². The van der Waals surface area contributed by atoms with E-state index in [-0.39, 0.29) is 17.5 Å². The third-order valence-corrected chi connectivity index (χ3v) is 2.52. The number of carbonyl (C=O) groups is 2. The Labute approximate surface area is 116 Å². The molecule has 0 atom stereocenters. The van der Waals surface area contributed by atoms with Gasteiger partial charge >= 0.3 is 0 Å². The van der Waals surface area contributed by atoms with Gasteiger partial charge in [0, 0.05) is 24.5 Å². The maximum atomic E-state index is 12.0. The Morgan fingerprint density at radius 2 is 1.65 bits per heavy atom. The van der Waals surface area contributed by atoms with E-state index >= 15 is 0 Å². The molecule has 0 aliphatic heterocycles. The highest BCUT2D eigenvalue weighted by atomic mass is 16.2. The zero-order valence-corrected chi connectivity index (χ0v) is 10.9. The Balaban J connectivity index is 2.09. The summed E-state index contributed by atoms with van der Waals surface area (Å²) in [4.78, 5) is 26.8. The fourth-order valence-electron chi connectivity index (χ4n) is 1.64. The fourth-order valence-corrected chi connectivity index (χ4v) is 1.64. The number of aromatic nitrogens is 1. The first-order chi connectivity index (χ1) is 9.56. The molecule has 0 bridgehead atoms. The van der Waals surface area contributed by atoms with E-state index in [4.69, 9.17) is 5.73 Å². The molecule has 6 nitrogen and oxygen atoms in total. The zero-order chi connectivity index (χ0) is 14.5. The Bertz CT molecular complexity index is 638. The number of anilines is 3. The number of hydrogen-bond acceptors (Lipinski definition) is 4. The van der Waals surface area contributed by atoms with Crippen LogP contribution in [0.25, 0.3) is 0 Å². The number of carbonyl (C=O) groups excluding carboxylic acids is 2. The second-order valence-corrected chi connectivity index (χ2v) is 4.15. The van der Waals surface area contributed by atoms with Crippen LogP contribution in [0.3, 0.4) is 0 Å². The van der Waals surface area contributed by atoms with Gasteiger partial charge in [0.05, 0.1) is 5.69 Å². The van der Waals surface area contributed by atoms with Crippen LogP contribution >= 0.6 is 0 Å². The van der Waals surface area contributed by atoms with Gasteiger partial charge in [-0.15, -0.1) is 0 Å². The van der Waals surface area contributed by atoms with Gasteiger partial charge < -0.3 is 16.4 Å². The number of benzene rings is 1. The minimum atomic E-state index is -0.379. The number of pyridine rings is 1. The zero-order valence-electron chi connectivity index (χ0n) is 10.9. The van der Waals surface area contributed by atoms with Gasteiger partial charge in [-0.1, -0.05) is 0 Å². The molecule has 0 radical (unpaired) electrons. The van der Waals surface area contributed by atoms with Gasteiger partial charge in [0.15, 0.2) is 5.69 Å². The van der Waals surface area contributed by atoms with Crippen molar-refractivity contribution in [1.29, 1.82) is 0 Å². The molecule has 1 aromatic heterocycles. The molecule has 1 heterocycles. The van der Waals surface area contributed by atoms with E-state index in [2.05, 4.69) is 15.6 Å². The summed E-state index contributed by atoms with van der Waals surface area (Å²) in [5.41, 5.74) is 7.43. The first kappa shape index (κ1) is 13.5. The van der Waals surface area contributed by atoms with Crippen molar-refractivity contribution in [3.05, 3.63) is 48.3 Å². The SMILES string of the molecule is CC(=O)Nc1ccc(NC(=O)c2ncccc2N)cc1. The van der Waals surface area contributed by atoms with Crippen LogP contribution in [0, 0.1) is 0 Å². The lowest BCUT2D eigenvalue weighted by Gasteiger charge is -2.07. The van der Waals surface area contributed by atoms with Crippen LogP contribution < -0.4 is 16.4 Å². The molecule has 4 N–H and O–H groups in total. The minimum Gasteiger partial charge on any atom is -0.397 e. The molecule has 2 rings (SSSR count). The Kier molecular flexibility index (Phi) is 3.95. The Morgan fingerprint density at radius 1 is 1.05 bits per heavy atom. The van der Waals surface area contributed by atoms with Crippen molar-refractivity contribution in [3.8, 4) is 0 Å². The molecule has 0 aliphatic rings. The average Bonchev–Trinajstić information content (AvgIpc) is 2.41. The minimum absolute atomic E-state index is 0.150. The molecule has 20 heavy (non-hydrogen) atoms. The number of nitrogens with zero attached hydrogens (tertiary/aromatic N) is 1. The summed E-state index contributed by atoms with van der Waals surface area (Å²) in [5.74, 6) is -0.529. The van der Waals surface area contributed by atoms with Crippen LogP contribution in [-0.4, -0.2) is 16.8 Å². The second kappa shape index (κ2) is 5.83. The van der Waals surface area contributed by atoms with Gasteiger partial charge in [-0.05, 0) is 36.4 Å². The highest BCUT2D eigenvalue weighted by Gasteiger charge is 2.10. The third kappa shape index (κ3) is 3.32. The molecule has 0 saturated carbocycles.